The summed E-state index contributed by atoms with van der Waals surface area (Å²) in [7, 11) is -2.56. The molecule has 4 rings (SSSR count). The van der Waals surface area contributed by atoms with Gasteiger partial charge in [0.2, 0.25) is 11.7 Å². The summed E-state index contributed by atoms with van der Waals surface area (Å²) >= 11 is 0. The van der Waals surface area contributed by atoms with Crippen LogP contribution in [0.2, 0.25) is 0 Å². The molecule has 0 atom stereocenters. The molecule has 0 spiro atoms. The molecule has 3 aromatic carbocycles. The van der Waals surface area contributed by atoms with Gasteiger partial charge in [0.15, 0.2) is 0 Å². The van der Waals surface area contributed by atoms with Crippen LogP contribution in [0.3, 0.4) is 0 Å². The Morgan fingerprint density at radius 2 is 1.50 bits per heavy atom. The molecule has 0 fully saturated rings. The summed E-state index contributed by atoms with van der Waals surface area (Å²) in [5.41, 5.74) is 2.28. The molecule has 0 radical (unpaired) electrons. The van der Waals surface area contributed by atoms with Crippen molar-refractivity contribution in [1.82, 2.24) is 0 Å². The molecule has 3 aromatic rings. The van der Waals surface area contributed by atoms with Crippen molar-refractivity contribution in [2.75, 3.05) is 17.7 Å². The van der Waals surface area contributed by atoms with Crippen LogP contribution < -0.4 is 15.4 Å². The second-order valence-electron chi connectivity index (χ2n) is 7.44. The number of rotatable bonds is 6. The number of carbonyl (C=O) groups is 2. The second-order valence-corrected chi connectivity index (χ2v) is 9.05. The number of anilines is 2. The summed E-state index contributed by atoms with van der Waals surface area (Å²) < 4.78 is 35.1. The zero-order chi connectivity index (χ0) is 24.3. The molecule has 0 heterocycles. The van der Waals surface area contributed by atoms with Crippen LogP contribution in [0, 0.1) is 0 Å². The lowest BCUT2D eigenvalue weighted by atomic mass is 9.92. The molecule has 0 unspecified atom stereocenters. The first kappa shape index (κ1) is 22.9. The molecular weight excluding hydrogens is 454 g/mol. The fourth-order valence-corrected chi connectivity index (χ4v) is 4.42. The average molecular weight is 476 g/mol. The Kier molecular flexibility index (Phi) is 6.29. The van der Waals surface area contributed by atoms with Crippen molar-refractivity contribution in [3.63, 3.8) is 0 Å². The first-order valence-electron chi connectivity index (χ1n) is 10.3. The maximum atomic E-state index is 13.1. The maximum Gasteiger partial charge on any atom is 0.282 e. The molecule has 172 valence electrons. The van der Waals surface area contributed by atoms with Crippen molar-refractivity contribution in [3.8, 4) is 5.75 Å². The number of amides is 1. The van der Waals surface area contributed by atoms with Crippen LogP contribution in [0.4, 0.5) is 11.4 Å². The number of benzene rings is 3. The quantitative estimate of drug-likeness (QED) is 0.557. The minimum atomic E-state index is -4.05. The fourth-order valence-electron chi connectivity index (χ4n) is 3.42. The molecule has 34 heavy (non-hydrogen) atoms. The number of hydrogen-bond donors (Lipinski definition) is 2. The van der Waals surface area contributed by atoms with E-state index >= 15 is 0 Å². The van der Waals surface area contributed by atoms with Crippen LogP contribution in [-0.2, 0) is 14.8 Å². The number of ether oxygens (including phenoxy) is 1. The Labute approximate surface area is 197 Å². The predicted octanol–water partition coefficient (Wildman–Crippen LogP) is 4.02. The molecule has 2 N–H and O–H groups in total. The molecule has 0 aliphatic heterocycles. The summed E-state index contributed by atoms with van der Waals surface area (Å²) in [6.07, 6.45) is 1.42. The van der Waals surface area contributed by atoms with Crippen molar-refractivity contribution in [1.29, 1.82) is 0 Å². The molecule has 1 amide bonds. The fraction of sp³-hybridized carbons (Fsp3) is 0.0800. The van der Waals surface area contributed by atoms with E-state index in [2.05, 4.69) is 15.0 Å². The van der Waals surface area contributed by atoms with E-state index in [1.807, 2.05) is 0 Å². The normalized spacial score (nSPS) is 14.2. The van der Waals surface area contributed by atoms with Gasteiger partial charge < -0.3 is 15.4 Å². The molecule has 0 saturated heterocycles. The van der Waals surface area contributed by atoms with E-state index in [-0.39, 0.29) is 28.0 Å². The van der Waals surface area contributed by atoms with Crippen molar-refractivity contribution >= 4 is 38.8 Å². The van der Waals surface area contributed by atoms with Crippen LogP contribution in [0.25, 0.3) is 0 Å². The van der Waals surface area contributed by atoms with Gasteiger partial charge in [-0.2, -0.15) is 12.8 Å². The molecule has 9 heteroatoms. The minimum absolute atomic E-state index is 0.00616. The Bertz CT molecular complexity index is 1420. The van der Waals surface area contributed by atoms with Crippen LogP contribution >= 0.6 is 0 Å². The van der Waals surface area contributed by atoms with Crippen LogP contribution in [0.5, 0.6) is 5.75 Å². The summed E-state index contributed by atoms with van der Waals surface area (Å²) in [6.45, 7) is 1.41. The monoisotopic (exact) mass is 475 g/mol. The standard InChI is InChI=1S/C25H21N3O5S/c1-16(29)26-17-7-9-18(10-8-17)27-24-15-23(21-5-3-4-6-22(21)25(24)30)28-34(31,32)20-13-11-19(33-2)12-14-20/h3-15,27H,1-2H3,(H,26,29)/b28-23+. The van der Waals surface area contributed by atoms with E-state index in [0.29, 0.717) is 28.3 Å². The molecule has 0 bridgehead atoms. The number of nitrogens with one attached hydrogen (secondary N) is 2. The Morgan fingerprint density at radius 3 is 2.12 bits per heavy atom. The first-order valence-corrected chi connectivity index (χ1v) is 11.7. The Morgan fingerprint density at radius 1 is 0.882 bits per heavy atom. The Hall–Kier alpha value is -4.24. The van der Waals surface area contributed by atoms with Crippen LogP contribution in [0.15, 0.2) is 93.9 Å². The smallest absolute Gasteiger partial charge is 0.282 e. The summed E-state index contributed by atoms with van der Waals surface area (Å²) in [5.74, 6) is 0.0415. The van der Waals surface area contributed by atoms with Gasteiger partial charge in [0, 0.05) is 29.4 Å². The number of nitrogens with zero attached hydrogens (tertiary/aromatic N) is 1. The second kappa shape index (κ2) is 9.32. The van der Waals surface area contributed by atoms with E-state index < -0.39 is 10.0 Å². The molecule has 0 saturated carbocycles. The highest BCUT2D eigenvalue weighted by Crippen LogP contribution is 2.26. The number of ketones is 1. The number of fused-ring (bicyclic) bond motifs is 1. The maximum absolute atomic E-state index is 13.1. The summed E-state index contributed by atoms with van der Waals surface area (Å²) in [4.78, 5) is 24.3. The lowest BCUT2D eigenvalue weighted by Crippen LogP contribution is -2.22. The predicted molar refractivity (Wildman–Crippen MR) is 130 cm³/mol. The van der Waals surface area contributed by atoms with E-state index in [1.165, 1.54) is 32.2 Å². The molecular formula is C25H21N3O5S. The van der Waals surface area contributed by atoms with Crippen LogP contribution in [0.1, 0.15) is 22.8 Å². The topological polar surface area (TPSA) is 114 Å². The lowest BCUT2D eigenvalue weighted by Gasteiger charge is -2.19. The van der Waals surface area contributed by atoms with Gasteiger partial charge in [-0.3, -0.25) is 9.59 Å². The molecule has 0 aromatic heterocycles. The van der Waals surface area contributed by atoms with Crippen molar-refractivity contribution in [2.24, 2.45) is 4.40 Å². The summed E-state index contributed by atoms with van der Waals surface area (Å²) in [6, 6.07) is 19.4. The Balaban J connectivity index is 1.71. The third kappa shape index (κ3) is 4.89. The number of carbonyl (C=O) groups excluding carboxylic acids is 2. The highest BCUT2D eigenvalue weighted by Gasteiger charge is 2.26. The van der Waals surface area contributed by atoms with Gasteiger partial charge in [-0.15, -0.1) is 0 Å². The summed E-state index contributed by atoms with van der Waals surface area (Å²) in [5, 5.41) is 5.70. The largest absolute Gasteiger partial charge is 0.497 e. The zero-order valence-electron chi connectivity index (χ0n) is 18.4. The number of allylic oxidation sites excluding steroid dienone is 2. The van der Waals surface area contributed by atoms with Gasteiger partial charge in [-0.25, -0.2) is 0 Å². The number of methoxy groups -OCH3 is 1. The highest BCUT2D eigenvalue weighted by atomic mass is 32.2. The van der Waals surface area contributed by atoms with Gasteiger partial charge in [-0.05, 0) is 54.6 Å². The first-order chi connectivity index (χ1) is 16.3. The van der Waals surface area contributed by atoms with Crippen molar-refractivity contribution in [3.05, 3.63) is 95.7 Å². The zero-order valence-corrected chi connectivity index (χ0v) is 19.2. The van der Waals surface area contributed by atoms with E-state index in [0.717, 1.165) is 0 Å². The number of sulfonamides is 1. The number of Topliss-reactive ketones (excluding diaryl/α,β-unsaturated/α-hetero) is 1. The highest BCUT2D eigenvalue weighted by molar-refractivity contribution is 7.90. The van der Waals surface area contributed by atoms with E-state index in [4.69, 9.17) is 4.74 Å². The molecule has 1 aliphatic rings. The lowest BCUT2D eigenvalue weighted by molar-refractivity contribution is -0.114. The van der Waals surface area contributed by atoms with Crippen LogP contribution in [-0.4, -0.2) is 32.9 Å². The molecule has 8 nitrogen and oxygen atoms in total. The third-order valence-corrected chi connectivity index (χ3v) is 6.34. The van der Waals surface area contributed by atoms with E-state index in [9.17, 15) is 18.0 Å². The van der Waals surface area contributed by atoms with Gasteiger partial charge in [0.05, 0.1) is 23.4 Å². The average Bonchev–Trinajstić information content (AvgIpc) is 2.83. The number of hydrogen-bond acceptors (Lipinski definition) is 6. The van der Waals surface area contributed by atoms with Crippen molar-refractivity contribution < 1.29 is 22.7 Å². The SMILES string of the molecule is COc1ccc(S(=O)(=O)/N=C2\C=C(Nc3ccc(NC(C)=O)cc3)C(=O)c3ccccc32)cc1. The molecule has 1 aliphatic carbocycles. The minimum Gasteiger partial charge on any atom is -0.497 e. The van der Waals surface area contributed by atoms with Gasteiger partial charge in [0.1, 0.15) is 5.75 Å². The van der Waals surface area contributed by atoms with Gasteiger partial charge in [0.25, 0.3) is 10.0 Å². The van der Waals surface area contributed by atoms with Crippen molar-refractivity contribution in [2.45, 2.75) is 11.8 Å². The van der Waals surface area contributed by atoms with Gasteiger partial charge >= 0.3 is 0 Å². The third-order valence-electron chi connectivity index (χ3n) is 5.03. The van der Waals surface area contributed by atoms with Gasteiger partial charge in [-0.1, -0.05) is 24.3 Å². The van der Waals surface area contributed by atoms with E-state index in [1.54, 1.807) is 60.7 Å².